The van der Waals surface area contributed by atoms with E-state index in [1.807, 2.05) is 27.1 Å². The molecule has 2 rings (SSSR count). The third-order valence-electron chi connectivity index (χ3n) is 2.61. The van der Waals surface area contributed by atoms with Crippen LogP contribution in [-0.2, 0) is 7.05 Å². The average Bonchev–Trinajstić information content (AvgIpc) is 2.84. The Bertz CT molecular complexity index is 498. The maximum absolute atomic E-state index is 4.29. The molecule has 0 spiro atoms. The Morgan fingerprint density at radius 3 is 2.82 bits per heavy atom. The van der Waals surface area contributed by atoms with E-state index in [1.165, 1.54) is 0 Å². The zero-order chi connectivity index (χ0) is 12.4. The van der Waals surface area contributed by atoms with Crippen molar-refractivity contribution in [3.05, 3.63) is 17.7 Å². The summed E-state index contributed by atoms with van der Waals surface area (Å²) in [6.45, 7) is 6.91. The molecule has 0 bridgehead atoms. The lowest BCUT2D eigenvalue weighted by atomic mass is 10.3. The quantitative estimate of drug-likeness (QED) is 0.829. The molecule has 0 radical (unpaired) electrons. The number of rotatable bonds is 4. The molecule has 2 aromatic rings. The van der Waals surface area contributed by atoms with Crippen molar-refractivity contribution < 1.29 is 0 Å². The van der Waals surface area contributed by atoms with Crippen molar-refractivity contribution in [2.24, 2.45) is 7.05 Å². The van der Waals surface area contributed by atoms with Crippen LogP contribution >= 0.6 is 0 Å². The normalized spacial score (nSPS) is 12.9. The van der Waals surface area contributed by atoms with Crippen LogP contribution in [0.2, 0.25) is 0 Å². The van der Waals surface area contributed by atoms with E-state index in [-0.39, 0.29) is 6.04 Å². The molecule has 1 unspecified atom stereocenters. The minimum absolute atomic E-state index is 0.106. The second-order valence-corrected chi connectivity index (χ2v) is 4.00. The van der Waals surface area contributed by atoms with E-state index in [4.69, 9.17) is 0 Å². The number of tetrazole rings is 1. The van der Waals surface area contributed by atoms with Gasteiger partial charge in [0.15, 0.2) is 5.82 Å². The van der Waals surface area contributed by atoms with Gasteiger partial charge >= 0.3 is 0 Å². The largest absolute Gasteiger partial charge is 0.308 e. The predicted molar refractivity (Wildman–Crippen MR) is 62.7 cm³/mol. The van der Waals surface area contributed by atoms with Gasteiger partial charge in [0.25, 0.3) is 0 Å². The molecule has 0 saturated heterocycles. The molecular formula is C10H17N7. The van der Waals surface area contributed by atoms with Crippen LogP contribution in [0.3, 0.4) is 0 Å². The van der Waals surface area contributed by atoms with Crippen molar-refractivity contribution in [2.45, 2.75) is 26.8 Å². The molecule has 1 atom stereocenters. The van der Waals surface area contributed by atoms with Crippen LogP contribution in [0.1, 0.15) is 31.4 Å². The summed E-state index contributed by atoms with van der Waals surface area (Å²) in [7, 11) is 1.88. The fourth-order valence-electron chi connectivity index (χ4n) is 1.83. The molecule has 0 aliphatic rings. The maximum atomic E-state index is 4.29. The van der Waals surface area contributed by atoms with Crippen molar-refractivity contribution in [2.75, 3.05) is 6.54 Å². The molecule has 2 aromatic heterocycles. The van der Waals surface area contributed by atoms with Gasteiger partial charge in [-0.15, -0.1) is 5.10 Å². The first-order valence-corrected chi connectivity index (χ1v) is 5.65. The van der Waals surface area contributed by atoms with Crippen molar-refractivity contribution in [1.82, 2.24) is 35.3 Å². The van der Waals surface area contributed by atoms with E-state index in [1.54, 1.807) is 9.36 Å². The van der Waals surface area contributed by atoms with Crippen LogP contribution in [0.4, 0.5) is 0 Å². The number of hydrogen-bond donors (Lipinski definition) is 1. The van der Waals surface area contributed by atoms with E-state index >= 15 is 0 Å². The van der Waals surface area contributed by atoms with Crippen LogP contribution in [0, 0.1) is 6.92 Å². The Morgan fingerprint density at radius 1 is 1.47 bits per heavy atom. The monoisotopic (exact) mass is 235 g/mol. The molecule has 0 aliphatic heterocycles. The van der Waals surface area contributed by atoms with E-state index in [0.717, 1.165) is 23.8 Å². The molecule has 92 valence electrons. The molecule has 17 heavy (non-hydrogen) atoms. The molecule has 0 aromatic carbocycles. The summed E-state index contributed by atoms with van der Waals surface area (Å²) in [5.41, 5.74) is 1.82. The summed E-state index contributed by atoms with van der Waals surface area (Å²) in [5.74, 6) is 0.794. The smallest absolute Gasteiger partial charge is 0.173 e. The SMILES string of the molecule is CCNC(C)c1nnnn1-c1cn(C)nc1C. The lowest BCUT2D eigenvalue weighted by molar-refractivity contribution is 0.550. The molecular weight excluding hydrogens is 218 g/mol. The molecule has 7 nitrogen and oxygen atoms in total. The van der Waals surface area contributed by atoms with E-state index in [2.05, 4.69) is 32.9 Å². The zero-order valence-electron chi connectivity index (χ0n) is 10.5. The van der Waals surface area contributed by atoms with Gasteiger partial charge in [-0.1, -0.05) is 6.92 Å². The molecule has 2 heterocycles. The molecule has 1 N–H and O–H groups in total. The standard InChI is InChI=1S/C10H17N7/c1-5-11-8(3)10-12-14-15-17(10)9-6-16(4)13-7(9)2/h6,8,11H,5H2,1-4H3. The summed E-state index contributed by atoms with van der Waals surface area (Å²) in [5, 5.41) is 19.4. The topological polar surface area (TPSA) is 73.5 Å². The fraction of sp³-hybridized carbons (Fsp3) is 0.600. The number of hydrogen-bond acceptors (Lipinski definition) is 5. The first-order valence-electron chi connectivity index (χ1n) is 5.65. The van der Waals surface area contributed by atoms with Gasteiger partial charge in [0.2, 0.25) is 0 Å². The van der Waals surface area contributed by atoms with E-state index in [0.29, 0.717) is 0 Å². The summed E-state index contributed by atoms with van der Waals surface area (Å²) >= 11 is 0. The minimum atomic E-state index is 0.106. The molecule has 7 heteroatoms. The van der Waals surface area contributed by atoms with Gasteiger partial charge in [0, 0.05) is 7.05 Å². The van der Waals surface area contributed by atoms with Crippen LogP contribution in [0.15, 0.2) is 6.20 Å². The highest BCUT2D eigenvalue weighted by Gasteiger charge is 2.17. The van der Waals surface area contributed by atoms with Gasteiger partial charge in [-0.2, -0.15) is 9.78 Å². The lowest BCUT2D eigenvalue weighted by Crippen LogP contribution is -2.21. The first-order chi connectivity index (χ1) is 8.13. The Balaban J connectivity index is 2.40. The highest BCUT2D eigenvalue weighted by molar-refractivity contribution is 5.33. The van der Waals surface area contributed by atoms with Crippen molar-refractivity contribution in [3.8, 4) is 5.69 Å². The maximum Gasteiger partial charge on any atom is 0.173 e. The number of aromatic nitrogens is 6. The first kappa shape index (κ1) is 11.7. The molecule has 0 saturated carbocycles. The average molecular weight is 235 g/mol. The van der Waals surface area contributed by atoms with E-state index < -0.39 is 0 Å². The van der Waals surface area contributed by atoms with Gasteiger partial charge in [0.05, 0.1) is 17.9 Å². The van der Waals surface area contributed by atoms with Gasteiger partial charge in [-0.25, -0.2) is 0 Å². The molecule has 0 amide bonds. The number of nitrogens with one attached hydrogen (secondary N) is 1. The Morgan fingerprint density at radius 2 is 2.24 bits per heavy atom. The minimum Gasteiger partial charge on any atom is -0.308 e. The Labute approximate surface area is 99.8 Å². The summed E-state index contributed by atoms with van der Waals surface area (Å²) in [6, 6.07) is 0.106. The Kier molecular flexibility index (Phi) is 3.19. The lowest BCUT2D eigenvalue weighted by Gasteiger charge is -2.11. The van der Waals surface area contributed by atoms with Gasteiger partial charge in [-0.3, -0.25) is 4.68 Å². The predicted octanol–water partition coefficient (Wildman–Crippen LogP) is 0.375. The second-order valence-electron chi connectivity index (χ2n) is 4.00. The van der Waals surface area contributed by atoms with Gasteiger partial charge in [-0.05, 0) is 30.8 Å². The summed E-state index contributed by atoms with van der Waals surface area (Å²) in [6.07, 6.45) is 1.91. The van der Waals surface area contributed by atoms with Crippen LogP contribution in [0.5, 0.6) is 0 Å². The fourth-order valence-corrected chi connectivity index (χ4v) is 1.83. The third kappa shape index (κ3) is 2.19. The van der Waals surface area contributed by atoms with Crippen molar-refractivity contribution >= 4 is 0 Å². The van der Waals surface area contributed by atoms with Crippen LogP contribution in [-0.4, -0.2) is 36.5 Å². The summed E-state index contributed by atoms with van der Waals surface area (Å²) < 4.78 is 3.49. The van der Waals surface area contributed by atoms with Crippen molar-refractivity contribution in [1.29, 1.82) is 0 Å². The highest BCUT2D eigenvalue weighted by atomic mass is 15.6. The molecule has 0 aliphatic carbocycles. The van der Waals surface area contributed by atoms with Crippen LogP contribution < -0.4 is 5.32 Å². The van der Waals surface area contributed by atoms with Crippen molar-refractivity contribution in [3.63, 3.8) is 0 Å². The zero-order valence-corrected chi connectivity index (χ0v) is 10.5. The van der Waals surface area contributed by atoms with Gasteiger partial charge < -0.3 is 5.32 Å². The summed E-state index contributed by atoms with van der Waals surface area (Å²) in [4.78, 5) is 0. The van der Waals surface area contributed by atoms with Gasteiger partial charge in [0.1, 0.15) is 5.69 Å². The highest BCUT2D eigenvalue weighted by Crippen LogP contribution is 2.15. The second kappa shape index (κ2) is 4.62. The number of aryl methyl sites for hydroxylation is 2. The van der Waals surface area contributed by atoms with Crippen LogP contribution in [0.25, 0.3) is 5.69 Å². The third-order valence-corrected chi connectivity index (χ3v) is 2.61. The van der Waals surface area contributed by atoms with E-state index in [9.17, 15) is 0 Å². The number of nitrogens with zero attached hydrogens (tertiary/aromatic N) is 6. The molecule has 0 fully saturated rings. The Hall–Kier alpha value is -1.76.